The quantitative estimate of drug-likeness (QED) is 0.622. The second kappa shape index (κ2) is 6.36. The largest absolute Gasteiger partial charge is 0.368 e. The van der Waals surface area contributed by atoms with Crippen molar-refractivity contribution in [3.8, 4) is 0 Å². The van der Waals surface area contributed by atoms with Crippen molar-refractivity contribution in [2.75, 3.05) is 13.1 Å². The Hall–Kier alpha value is -0.610. The van der Waals surface area contributed by atoms with Crippen molar-refractivity contribution >= 4 is 5.91 Å². The Balaban J connectivity index is 2.37. The third kappa shape index (κ3) is 4.64. The van der Waals surface area contributed by atoms with Crippen LogP contribution in [0.1, 0.15) is 46.0 Å². The second-order valence-corrected chi connectivity index (χ2v) is 5.94. The smallest absolute Gasteiger partial charge is 0.235 e. The lowest BCUT2D eigenvalue weighted by Crippen LogP contribution is -2.46. The third-order valence-corrected chi connectivity index (χ3v) is 3.74. The van der Waals surface area contributed by atoms with Crippen molar-refractivity contribution in [1.82, 2.24) is 5.32 Å². The molecular formula is C13H27N3O. The van der Waals surface area contributed by atoms with E-state index >= 15 is 0 Å². The van der Waals surface area contributed by atoms with Crippen LogP contribution in [0.4, 0.5) is 0 Å². The highest BCUT2D eigenvalue weighted by Crippen LogP contribution is 2.42. The van der Waals surface area contributed by atoms with E-state index in [0.717, 1.165) is 12.5 Å². The number of hydrogen-bond donors (Lipinski definition) is 3. The van der Waals surface area contributed by atoms with Gasteiger partial charge in [-0.2, -0.15) is 0 Å². The predicted octanol–water partition coefficient (Wildman–Crippen LogP) is 0.995. The molecule has 100 valence electrons. The summed E-state index contributed by atoms with van der Waals surface area (Å²) in [5, 5.41) is 3.33. The summed E-state index contributed by atoms with van der Waals surface area (Å²) in [4.78, 5) is 10.8. The van der Waals surface area contributed by atoms with Gasteiger partial charge in [0, 0.05) is 13.1 Å². The molecule has 1 rings (SSSR count). The number of carbonyl (C=O) groups is 1. The highest BCUT2D eigenvalue weighted by Gasteiger charge is 2.33. The average Bonchev–Trinajstić information content (AvgIpc) is 2.65. The maximum absolute atomic E-state index is 10.8. The van der Waals surface area contributed by atoms with E-state index in [1.165, 1.54) is 32.1 Å². The molecule has 0 bridgehead atoms. The zero-order valence-electron chi connectivity index (χ0n) is 11.2. The standard InChI is InChI=1S/C13H27N3O/c1-10(2)7-13(5-3-4-6-13)9-16-8-11(14)12(15)17/h10-11,16H,3-9,14H2,1-2H3,(H2,15,17). The Kier molecular flexibility index (Phi) is 5.40. The van der Waals surface area contributed by atoms with Gasteiger partial charge in [-0.25, -0.2) is 0 Å². The number of primary amides is 1. The fraction of sp³-hybridized carbons (Fsp3) is 0.923. The third-order valence-electron chi connectivity index (χ3n) is 3.74. The molecular weight excluding hydrogens is 214 g/mol. The van der Waals surface area contributed by atoms with Crippen LogP contribution in [-0.4, -0.2) is 25.0 Å². The maximum atomic E-state index is 10.8. The molecule has 1 aliphatic carbocycles. The molecule has 0 spiro atoms. The molecule has 0 aromatic rings. The zero-order valence-corrected chi connectivity index (χ0v) is 11.2. The van der Waals surface area contributed by atoms with Gasteiger partial charge in [-0.1, -0.05) is 26.7 Å². The Morgan fingerprint density at radius 1 is 1.35 bits per heavy atom. The summed E-state index contributed by atoms with van der Waals surface area (Å²) >= 11 is 0. The highest BCUT2D eigenvalue weighted by molar-refractivity contribution is 5.79. The van der Waals surface area contributed by atoms with E-state index in [9.17, 15) is 4.79 Å². The summed E-state index contributed by atoms with van der Waals surface area (Å²) in [6.45, 7) is 6.01. The molecule has 5 N–H and O–H groups in total. The summed E-state index contributed by atoms with van der Waals surface area (Å²) in [7, 11) is 0. The van der Waals surface area contributed by atoms with Crippen LogP contribution in [0, 0.1) is 11.3 Å². The van der Waals surface area contributed by atoms with E-state index < -0.39 is 11.9 Å². The molecule has 1 fully saturated rings. The van der Waals surface area contributed by atoms with Gasteiger partial charge < -0.3 is 16.8 Å². The van der Waals surface area contributed by atoms with Gasteiger partial charge in [0.2, 0.25) is 5.91 Å². The van der Waals surface area contributed by atoms with Gasteiger partial charge in [-0.3, -0.25) is 4.79 Å². The van der Waals surface area contributed by atoms with Gasteiger partial charge in [0.15, 0.2) is 0 Å². The molecule has 4 nitrogen and oxygen atoms in total. The molecule has 1 atom stereocenters. The first-order valence-corrected chi connectivity index (χ1v) is 6.71. The topological polar surface area (TPSA) is 81.1 Å². The normalized spacial score (nSPS) is 20.7. The van der Waals surface area contributed by atoms with Gasteiger partial charge >= 0.3 is 0 Å². The van der Waals surface area contributed by atoms with Crippen LogP contribution in [0.3, 0.4) is 0 Å². The molecule has 17 heavy (non-hydrogen) atoms. The SMILES string of the molecule is CC(C)CC1(CNCC(N)C(N)=O)CCCC1. The number of hydrogen-bond acceptors (Lipinski definition) is 3. The Morgan fingerprint density at radius 3 is 2.41 bits per heavy atom. The summed E-state index contributed by atoms with van der Waals surface area (Å²) in [5.74, 6) is 0.293. The Labute approximate surface area is 105 Å². The van der Waals surface area contributed by atoms with Gasteiger partial charge in [0.1, 0.15) is 0 Å². The Bertz CT molecular complexity index is 247. The summed E-state index contributed by atoms with van der Waals surface area (Å²) in [6.07, 6.45) is 6.51. The number of carbonyl (C=O) groups excluding carboxylic acids is 1. The minimum atomic E-state index is -0.562. The predicted molar refractivity (Wildman–Crippen MR) is 70.4 cm³/mol. The minimum absolute atomic E-state index is 0.422. The zero-order chi connectivity index (χ0) is 12.9. The van der Waals surface area contributed by atoms with Crippen molar-refractivity contribution in [2.45, 2.75) is 52.0 Å². The maximum Gasteiger partial charge on any atom is 0.235 e. The fourth-order valence-electron chi connectivity index (χ4n) is 3.04. The minimum Gasteiger partial charge on any atom is -0.368 e. The van der Waals surface area contributed by atoms with E-state index in [-0.39, 0.29) is 0 Å². The second-order valence-electron chi connectivity index (χ2n) is 5.94. The van der Waals surface area contributed by atoms with E-state index in [0.29, 0.717) is 12.0 Å². The molecule has 4 heteroatoms. The van der Waals surface area contributed by atoms with Crippen molar-refractivity contribution in [3.05, 3.63) is 0 Å². The van der Waals surface area contributed by atoms with Crippen LogP contribution in [0.5, 0.6) is 0 Å². The molecule has 0 aromatic heterocycles. The monoisotopic (exact) mass is 241 g/mol. The first-order valence-electron chi connectivity index (χ1n) is 6.71. The molecule has 1 amide bonds. The summed E-state index contributed by atoms with van der Waals surface area (Å²) in [6, 6.07) is -0.562. The number of amides is 1. The van der Waals surface area contributed by atoms with Crippen LogP contribution >= 0.6 is 0 Å². The van der Waals surface area contributed by atoms with E-state index in [1.807, 2.05) is 0 Å². The van der Waals surface area contributed by atoms with Gasteiger partial charge in [-0.05, 0) is 30.6 Å². The van der Waals surface area contributed by atoms with Crippen molar-refractivity contribution in [2.24, 2.45) is 22.8 Å². The van der Waals surface area contributed by atoms with Crippen LogP contribution in [-0.2, 0) is 4.79 Å². The molecule has 1 saturated carbocycles. The van der Waals surface area contributed by atoms with Gasteiger partial charge in [0.05, 0.1) is 6.04 Å². The number of nitrogens with two attached hydrogens (primary N) is 2. The van der Waals surface area contributed by atoms with Crippen molar-refractivity contribution < 1.29 is 4.79 Å². The first kappa shape index (κ1) is 14.5. The lowest BCUT2D eigenvalue weighted by atomic mass is 9.78. The molecule has 0 radical (unpaired) electrons. The first-order chi connectivity index (χ1) is 7.95. The van der Waals surface area contributed by atoms with E-state index in [1.54, 1.807) is 0 Å². The van der Waals surface area contributed by atoms with E-state index in [2.05, 4.69) is 19.2 Å². The highest BCUT2D eigenvalue weighted by atomic mass is 16.1. The molecule has 1 unspecified atom stereocenters. The molecule has 0 aromatic carbocycles. The molecule has 0 aliphatic heterocycles. The van der Waals surface area contributed by atoms with Crippen molar-refractivity contribution in [1.29, 1.82) is 0 Å². The number of rotatable bonds is 7. The molecule has 1 aliphatic rings. The van der Waals surface area contributed by atoms with E-state index in [4.69, 9.17) is 11.5 Å². The molecule has 0 heterocycles. The fourth-order valence-corrected chi connectivity index (χ4v) is 3.04. The van der Waals surface area contributed by atoms with Gasteiger partial charge in [0.25, 0.3) is 0 Å². The lowest BCUT2D eigenvalue weighted by Gasteiger charge is -2.31. The van der Waals surface area contributed by atoms with Gasteiger partial charge in [-0.15, -0.1) is 0 Å². The van der Waals surface area contributed by atoms with Crippen LogP contribution in [0.25, 0.3) is 0 Å². The van der Waals surface area contributed by atoms with Crippen LogP contribution in [0.2, 0.25) is 0 Å². The summed E-state index contributed by atoms with van der Waals surface area (Å²) in [5.41, 5.74) is 11.2. The average molecular weight is 241 g/mol. The molecule has 0 saturated heterocycles. The van der Waals surface area contributed by atoms with Crippen molar-refractivity contribution in [3.63, 3.8) is 0 Å². The lowest BCUT2D eigenvalue weighted by molar-refractivity contribution is -0.119. The number of nitrogens with one attached hydrogen (secondary N) is 1. The van der Waals surface area contributed by atoms with Crippen LogP contribution < -0.4 is 16.8 Å². The Morgan fingerprint density at radius 2 is 1.94 bits per heavy atom. The van der Waals surface area contributed by atoms with Crippen LogP contribution in [0.15, 0.2) is 0 Å². The summed E-state index contributed by atoms with van der Waals surface area (Å²) < 4.78 is 0.